The lowest BCUT2D eigenvalue weighted by Crippen LogP contribution is -2.19. The van der Waals surface area contributed by atoms with Crippen molar-refractivity contribution in [1.29, 1.82) is 0 Å². The van der Waals surface area contributed by atoms with Crippen molar-refractivity contribution in [2.75, 3.05) is 16.8 Å². The molecule has 9 heteroatoms. The third-order valence-corrected chi connectivity index (χ3v) is 7.43. The summed E-state index contributed by atoms with van der Waals surface area (Å²) in [7, 11) is -3.13. The molecule has 1 aliphatic heterocycles. The quantitative estimate of drug-likeness (QED) is 0.478. The van der Waals surface area contributed by atoms with Crippen LogP contribution in [0.1, 0.15) is 28.5 Å². The van der Waals surface area contributed by atoms with Crippen molar-refractivity contribution < 1.29 is 17.7 Å². The molecule has 2 aromatic heterocycles. The van der Waals surface area contributed by atoms with Gasteiger partial charge in [-0.3, -0.25) is 4.79 Å². The highest BCUT2D eigenvalue weighted by Gasteiger charge is 2.32. The first-order chi connectivity index (χ1) is 15.9. The van der Waals surface area contributed by atoms with E-state index < -0.39 is 15.7 Å². The summed E-state index contributed by atoms with van der Waals surface area (Å²) in [5.74, 6) is 0.544. The fourth-order valence-electron chi connectivity index (χ4n) is 3.90. The van der Waals surface area contributed by atoms with Crippen LogP contribution < -0.4 is 5.32 Å². The maximum absolute atomic E-state index is 13.0. The van der Waals surface area contributed by atoms with E-state index in [1.54, 1.807) is 16.8 Å². The minimum Gasteiger partial charge on any atom is -0.355 e. The highest BCUT2D eigenvalue weighted by atomic mass is 32.2. The number of hydrogen-bond acceptors (Lipinski definition) is 6. The number of rotatable bonds is 5. The molecule has 1 N–H and O–H groups in total. The zero-order valence-electron chi connectivity index (χ0n) is 17.9. The van der Waals surface area contributed by atoms with E-state index in [1.807, 2.05) is 61.5 Å². The van der Waals surface area contributed by atoms with Gasteiger partial charge in [-0.05, 0) is 13.3 Å². The molecule has 33 heavy (non-hydrogen) atoms. The van der Waals surface area contributed by atoms with E-state index >= 15 is 0 Å². The van der Waals surface area contributed by atoms with E-state index in [9.17, 15) is 13.2 Å². The molecule has 0 spiro atoms. The van der Waals surface area contributed by atoms with Gasteiger partial charge in [0.2, 0.25) is 0 Å². The van der Waals surface area contributed by atoms with Crippen LogP contribution in [0.3, 0.4) is 0 Å². The smallest absolute Gasteiger partial charge is 0.279 e. The molecule has 1 fully saturated rings. The summed E-state index contributed by atoms with van der Waals surface area (Å²) in [6, 6.07) is 20.2. The van der Waals surface area contributed by atoms with Crippen LogP contribution in [0.4, 0.5) is 5.82 Å². The number of carbonyl (C=O) groups is 1. The Morgan fingerprint density at radius 3 is 2.52 bits per heavy atom. The average molecular weight is 463 g/mol. The van der Waals surface area contributed by atoms with E-state index in [4.69, 9.17) is 4.52 Å². The monoisotopic (exact) mass is 462 g/mol. The molecule has 0 radical (unpaired) electrons. The average Bonchev–Trinajstić information content (AvgIpc) is 3.53. The normalized spacial score (nSPS) is 17.2. The number of nitrogens with zero attached hydrogens (tertiary/aromatic N) is 3. The Morgan fingerprint density at radius 2 is 1.82 bits per heavy atom. The molecule has 0 aliphatic carbocycles. The van der Waals surface area contributed by atoms with E-state index in [1.165, 1.54) is 0 Å². The predicted molar refractivity (Wildman–Crippen MR) is 125 cm³/mol. The molecule has 2 aromatic carbocycles. The van der Waals surface area contributed by atoms with Crippen LogP contribution in [-0.4, -0.2) is 40.8 Å². The maximum Gasteiger partial charge on any atom is 0.279 e. The van der Waals surface area contributed by atoms with Crippen molar-refractivity contribution in [1.82, 2.24) is 14.9 Å². The third-order valence-electron chi connectivity index (χ3n) is 5.68. The predicted octanol–water partition coefficient (Wildman–Crippen LogP) is 4.13. The highest BCUT2D eigenvalue weighted by Crippen LogP contribution is 2.30. The molecule has 1 aliphatic rings. The summed E-state index contributed by atoms with van der Waals surface area (Å²) in [4.78, 5) is 13.0. The zero-order valence-corrected chi connectivity index (χ0v) is 18.7. The molecule has 1 saturated heterocycles. The van der Waals surface area contributed by atoms with Crippen LogP contribution in [0.25, 0.3) is 22.6 Å². The molecule has 0 unspecified atom stereocenters. The summed E-state index contributed by atoms with van der Waals surface area (Å²) < 4.78 is 31.1. The molecule has 8 nitrogen and oxygen atoms in total. The van der Waals surface area contributed by atoms with E-state index in [-0.39, 0.29) is 23.2 Å². The van der Waals surface area contributed by atoms with Gasteiger partial charge in [0.25, 0.3) is 5.91 Å². The number of carbonyl (C=O) groups excluding carboxylic acids is 1. The molecule has 1 amide bonds. The Kier molecular flexibility index (Phi) is 5.33. The van der Waals surface area contributed by atoms with Gasteiger partial charge >= 0.3 is 0 Å². The fraction of sp³-hybridized carbons (Fsp3) is 0.208. The van der Waals surface area contributed by atoms with Gasteiger partial charge in [-0.15, -0.1) is 0 Å². The van der Waals surface area contributed by atoms with Gasteiger partial charge in [0.05, 0.1) is 23.2 Å². The number of anilines is 1. The summed E-state index contributed by atoms with van der Waals surface area (Å²) in [6.07, 6.45) is 0.447. The van der Waals surface area contributed by atoms with Crippen LogP contribution in [-0.2, 0) is 9.84 Å². The second kappa shape index (κ2) is 8.32. The number of nitrogens with one attached hydrogen (secondary N) is 1. The molecule has 0 saturated carbocycles. The first-order valence-corrected chi connectivity index (χ1v) is 12.4. The SMILES string of the molecule is Cc1ccc(-c2cc(C(=O)Nc3cc(-c4ccccc4)nn3[C@@H]3CCS(=O)(=O)C3)no2)cc1. The number of aryl methyl sites for hydroxylation is 1. The number of hydrogen-bond donors (Lipinski definition) is 1. The van der Waals surface area contributed by atoms with Crippen LogP contribution in [0.15, 0.2) is 71.3 Å². The van der Waals surface area contributed by atoms with Crippen LogP contribution in [0.5, 0.6) is 0 Å². The molecular weight excluding hydrogens is 440 g/mol. The van der Waals surface area contributed by atoms with Gasteiger partial charge in [-0.1, -0.05) is 65.3 Å². The topological polar surface area (TPSA) is 107 Å². The minimum absolute atomic E-state index is 0.00663. The van der Waals surface area contributed by atoms with Crippen molar-refractivity contribution in [2.24, 2.45) is 0 Å². The number of amides is 1. The fourth-order valence-corrected chi connectivity index (χ4v) is 5.59. The number of benzene rings is 2. The molecule has 1 atom stereocenters. The molecule has 5 rings (SSSR count). The first-order valence-electron chi connectivity index (χ1n) is 10.6. The van der Waals surface area contributed by atoms with E-state index in [2.05, 4.69) is 15.6 Å². The third kappa shape index (κ3) is 4.45. The second-order valence-electron chi connectivity index (χ2n) is 8.18. The van der Waals surface area contributed by atoms with Crippen LogP contribution in [0.2, 0.25) is 0 Å². The molecule has 4 aromatic rings. The van der Waals surface area contributed by atoms with Gasteiger partial charge in [0, 0.05) is 23.3 Å². The Balaban J connectivity index is 1.44. The Hall–Kier alpha value is -3.72. The maximum atomic E-state index is 13.0. The first kappa shape index (κ1) is 21.1. The summed E-state index contributed by atoms with van der Waals surface area (Å²) in [6.45, 7) is 1.99. The molecule has 168 valence electrons. The summed E-state index contributed by atoms with van der Waals surface area (Å²) in [5, 5.41) is 11.4. The van der Waals surface area contributed by atoms with Gasteiger partial charge in [-0.25, -0.2) is 13.1 Å². The van der Waals surface area contributed by atoms with Crippen molar-refractivity contribution in [3.8, 4) is 22.6 Å². The van der Waals surface area contributed by atoms with Gasteiger partial charge in [0.15, 0.2) is 21.3 Å². The van der Waals surface area contributed by atoms with Crippen molar-refractivity contribution in [2.45, 2.75) is 19.4 Å². The van der Waals surface area contributed by atoms with Crippen molar-refractivity contribution >= 4 is 21.6 Å². The van der Waals surface area contributed by atoms with E-state index in [0.29, 0.717) is 23.7 Å². The zero-order chi connectivity index (χ0) is 23.0. The molecular formula is C24H22N4O4S. The minimum atomic E-state index is -3.13. The van der Waals surface area contributed by atoms with Crippen LogP contribution >= 0.6 is 0 Å². The highest BCUT2D eigenvalue weighted by molar-refractivity contribution is 7.91. The summed E-state index contributed by atoms with van der Waals surface area (Å²) in [5.41, 5.74) is 3.58. The second-order valence-corrected chi connectivity index (χ2v) is 10.4. The van der Waals surface area contributed by atoms with Gasteiger partial charge in [-0.2, -0.15) is 5.10 Å². The van der Waals surface area contributed by atoms with E-state index in [0.717, 1.165) is 16.7 Å². The van der Waals surface area contributed by atoms with Gasteiger partial charge in [0.1, 0.15) is 5.82 Å². The lowest BCUT2D eigenvalue weighted by Gasteiger charge is -2.13. The number of sulfone groups is 1. The van der Waals surface area contributed by atoms with Crippen LogP contribution in [0, 0.1) is 6.92 Å². The Morgan fingerprint density at radius 1 is 1.06 bits per heavy atom. The Bertz CT molecular complexity index is 1410. The molecule has 0 bridgehead atoms. The Labute approximate surface area is 191 Å². The van der Waals surface area contributed by atoms with Gasteiger partial charge < -0.3 is 9.84 Å². The largest absolute Gasteiger partial charge is 0.355 e. The number of aromatic nitrogens is 3. The summed E-state index contributed by atoms with van der Waals surface area (Å²) >= 11 is 0. The van der Waals surface area contributed by atoms with Crippen molar-refractivity contribution in [3.63, 3.8) is 0 Å². The molecule has 3 heterocycles. The lowest BCUT2D eigenvalue weighted by molar-refractivity contribution is 0.101. The standard InChI is InChI=1S/C24H22N4O4S/c1-16-7-9-18(10-8-16)22-13-21(27-32-22)24(29)25-23-14-20(17-5-3-2-4-6-17)26-28(23)19-11-12-33(30,31)15-19/h2-10,13-14,19H,11-12,15H2,1H3,(H,25,29)/t19-/m1/s1. The lowest BCUT2D eigenvalue weighted by atomic mass is 10.1. The van der Waals surface area contributed by atoms with Crippen molar-refractivity contribution in [3.05, 3.63) is 78.0 Å².